The fraction of sp³-hybridized carbons (Fsp3) is 0.500. The molecule has 2 saturated heterocycles. The van der Waals surface area contributed by atoms with Crippen molar-refractivity contribution in [2.24, 2.45) is 0 Å². The molecule has 0 unspecified atom stereocenters. The van der Waals surface area contributed by atoms with Gasteiger partial charge < -0.3 is 19.9 Å². The van der Waals surface area contributed by atoms with Crippen molar-refractivity contribution >= 4 is 23.1 Å². The number of pyridine rings is 1. The summed E-state index contributed by atoms with van der Waals surface area (Å²) in [4.78, 5) is 23.7. The maximum atomic E-state index is 12.6. The minimum absolute atomic E-state index is 0.0302. The fourth-order valence-electron chi connectivity index (χ4n) is 3.58. The largest absolute Gasteiger partial charge is 0.373 e. The molecule has 0 bridgehead atoms. The van der Waals surface area contributed by atoms with Gasteiger partial charge in [-0.3, -0.25) is 4.79 Å². The van der Waals surface area contributed by atoms with Crippen LogP contribution in [0, 0.1) is 0 Å². The van der Waals surface area contributed by atoms with Crippen molar-refractivity contribution in [3.05, 3.63) is 45.8 Å². The highest BCUT2D eigenvalue weighted by Crippen LogP contribution is 2.33. The molecule has 0 spiro atoms. The molecule has 0 aromatic carbocycles. The van der Waals surface area contributed by atoms with E-state index in [0.717, 1.165) is 66.8 Å². The Morgan fingerprint density at radius 3 is 2.93 bits per heavy atom. The lowest BCUT2D eigenvalue weighted by atomic mass is 10.2. The van der Waals surface area contributed by atoms with Gasteiger partial charge in [0.25, 0.3) is 5.91 Å². The zero-order chi connectivity index (χ0) is 18.6. The van der Waals surface area contributed by atoms with Gasteiger partial charge in [0.05, 0.1) is 11.0 Å². The van der Waals surface area contributed by atoms with Gasteiger partial charge in [0.15, 0.2) is 0 Å². The highest BCUT2D eigenvalue weighted by atomic mass is 32.1. The van der Waals surface area contributed by atoms with Gasteiger partial charge in [-0.25, -0.2) is 4.98 Å². The van der Waals surface area contributed by atoms with E-state index in [9.17, 15) is 4.79 Å². The van der Waals surface area contributed by atoms with Crippen molar-refractivity contribution in [1.29, 1.82) is 0 Å². The van der Waals surface area contributed by atoms with Crippen molar-refractivity contribution in [2.75, 3.05) is 44.7 Å². The molecular formula is C20H26N4O2S. The van der Waals surface area contributed by atoms with Crippen LogP contribution >= 0.6 is 11.3 Å². The zero-order valence-corrected chi connectivity index (χ0v) is 16.5. The molecule has 144 valence electrons. The monoisotopic (exact) mass is 386 g/mol. The SMILES string of the molecule is CN1CCN(c2ncccc2CNC(=O)c2ccc([C@@H]3CCCO3)s2)CC1. The molecular weight excluding hydrogens is 360 g/mol. The lowest BCUT2D eigenvalue weighted by Gasteiger charge is -2.34. The number of thiophene rings is 1. The van der Waals surface area contributed by atoms with E-state index in [2.05, 4.69) is 27.1 Å². The number of nitrogens with zero attached hydrogens (tertiary/aromatic N) is 3. The number of aromatic nitrogens is 1. The minimum atomic E-state index is -0.0302. The van der Waals surface area contributed by atoms with E-state index >= 15 is 0 Å². The van der Waals surface area contributed by atoms with Gasteiger partial charge in [-0.2, -0.15) is 0 Å². The van der Waals surface area contributed by atoms with Crippen LogP contribution < -0.4 is 10.2 Å². The summed E-state index contributed by atoms with van der Waals surface area (Å²) in [5.74, 6) is 0.953. The standard InChI is InChI=1S/C20H26N4O2S/c1-23-9-11-24(12-10-23)19-15(4-2-8-21-19)14-22-20(25)18-7-6-17(27-18)16-5-3-13-26-16/h2,4,6-8,16H,3,5,9-14H2,1H3,(H,22,25)/t16-/m0/s1. The number of carbonyl (C=O) groups is 1. The summed E-state index contributed by atoms with van der Waals surface area (Å²) in [6, 6.07) is 7.91. The zero-order valence-electron chi connectivity index (χ0n) is 15.7. The van der Waals surface area contributed by atoms with E-state index in [4.69, 9.17) is 4.74 Å². The number of carbonyl (C=O) groups excluding carboxylic acids is 1. The number of hydrogen-bond donors (Lipinski definition) is 1. The number of nitrogens with one attached hydrogen (secondary N) is 1. The second-order valence-corrected chi connectivity index (χ2v) is 8.28. The van der Waals surface area contributed by atoms with Crippen molar-refractivity contribution in [2.45, 2.75) is 25.5 Å². The fourth-order valence-corrected chi connectivity index (χ4v) is 4.59. The summed E-state index contributed by atoms with van der Waals surface area (Å²) in [5, 5.41) is 3.06. The molecule has 6 nitrogen and oxygen atoms in total. The molecule has 7 heteroatoms. The Bertz CT molecular complexity index is 780. The van der Waals surface area contributed by atoms with Crippen molar-refractivity contribution in [3.63, 3.8) is 0 Å². The molecule has 2 aliphatic heterocycles. The molecule has 2 fully saturated rings. The Labute approximate surface area is 164 Å². The van der Waals surface area contributed by atoms with E-state index in [0.29, 0.717) is 6.54 Å². The molecule has 27 heavy (non-hydrogen) atoms. The van der Waals surface area contributed by atoms with E-state index in [1.165, 1.54) is 11.3 Å². The van der Waals surface area contributed by atoms with Gasteiger partial charge in [0.1, 0.15) is 5.82 Å². The molecule has 1 amide bonds. The van der Waals surface area contributed by atoms with Crippen molar-refractivity contribution < 1.29 is 9.53 Å². The first-order chi connectivity index (χ1) is 13.2. The van der Waals surface area contributed by atoms with Crippen LogP contribution in [0.15, 0.2) is 30.5 Å². The van der Waals surface area contributed by atoms with E-state index in [1.807, 2.05) is 30.5 Å². The molecule has 4 rings (SSSR count). The normalized spacial score (nSPS) is 20.8. The van der Waals surface area contributed by atoms with Gasteiger partial charge >= 0.3 is 0 Å². The van der Waals surface area contributed by atoms with Crippen LogP contribution in [0.2, 0.25) is 0 Å². The quantitative estimate of drug-likeness (QED) is 0.856. The number of amides is 1. The van der Waals surface area contributed by atoms with Crippen LogP contribution in [0.4, 0.5) is 5.82 Å². The molecule has 0 aliphatic carbocycles. The van der Waals surface area contributed by atoms with Crippen molar-refractivity contribution in [3.8, 4) is 0 Å². The van der Waals surface area contributed by atoms with Crippen LogP contribution in [0.25, 0.3) is 0 Å². The van der Waals surface area contributed by atoms with Crippen molar-refractivity contribution in [1.82, 2.24) is 15.2 Å². The average molecular weight is 387 g/mol. The first kappa shape index (κ1) is 18.4. The Hall–Kier alpha value is -1.96. The predicted molar refractivity (Wildman–Crippen MR) is 107 cm³/mol. The number of rotatable bonds is 5. The summed E-state index contributed by atoms with van der Waals surface area (Å²) in [5.41, 5.74) is 1.06. The Kier molecular flexibility index (Phi) is 5.71. The number of ether oxygens (including phenoxy) is 1. The summed E-state index contributed by atoms with van der Waals surface area (Å²) in [7, 11) is 2.14. The molecule has 4 heterocycles. The topological polar surface area (TPSA) is 57.7 Å². The maximum absolute atomic E-state index is 12.6. The molecule has 2 aromatic rings. The number of piperazine rings is 1. The molecule has 1 atom stereocenters. The molecule has 1 N–H and O–H groups in total. The first-order valence-corrected chi connectivity index (χ1v) is 10.4. The van der Waals surface area contributed by atoms with Gasteiger partial charge in [0, 0.05) is 56.0 Å². The Morgan fingerprint density at radius 1 is 1.30 bits per heavy atom. The number of hydrogen-bond acceptors (Lipinski definition) is 6. The third-order valence-electron chi connectivity index (χ3n) is 5.21. The van der Waals surface area contributed by atoms with Gasteiger partial charge in [-0.1, -0.05) is 6.07 Å². The highest BCUT2D eigenvalue weighted by Gasteiger charge is 2.21. The summed E-state index contributed by atoms with van der Waals surface area (Å²) in [6.07, 6.45) is 4.14. The maximum Gasteiger partial charge on any atom is 0.261 e. The van der Waals surface area contributed by atoms with E-state index < -0.39 is 0 Å². The first-order valence-electron chi connectivity index (χ1n) is 9.57. The van der Waals surface area contributed by atoms with Crippen LogP contribution in [0.3, 0.4) is 0 Å². The van der Waals surface area contributed by atoms with Gasteiger partial charge in [-0.15, -0.1) is 11.3 Å². The second-order valence-electron chi connectivity index (χ2n) is 7.16. The van der Waals surface area contributed by atoms with E-state index in [1.54, 1.807) is 0 Å². The summed E-state index contributed by atoms with van der Waals surface area (Å²) < 4.78 is 5.71. The predicted octanol–water partition coefficient (Wildman–Crippen LogP) is 2.68. The lowest BCUT2D eigenvalue weighted by Crippen LogP contribution is -2.45. The Balaban J connectivity index is 1.39. The third kappa shape index (κ3) is 4.31. The Morgan fingerprint density at radius 2 is 2.15 bits per heavy atom. The smallest absolute Gasteiger partial charge is 0.261 e. The average Bonchev–Trinajstić information content (AvgIpc) is 3.38. The van der Waals surface area contributed by atoms with Crippen LogP contribution in [0.1, 0.15) is 39.1 Å². The summed E-state index contributed by atoms with van der Waals surface area (Å²) >= 11 is 1.54. The van der Waals surface area contributed by atoms with E-state index in [-0.39, 0.29) is 12.0 Å². The van der Waals surface area contributed by atoms with Gasteiger partial charge in [-0.05, 0) is 38.1 Å². The molecule has 0 radical (unpaired) electrons. The second kappa shape index (κ2) is 8.37. The summed E-state index contributed by atoms with van der Waals surface area (Å²) in [6.45, 7) is 5.29. The molecule has 2 aromatic heterocycles. The lowest BCUT2D eigenvalue weighted by molar-refractivity contribution is 0.0955. The number of anilines is 1. The van der Waals surface area contributed by atoms with Crippen LogP contribution in [-0.4, -0.2) is 55.6 Å². The molecule has 0 saturated carbocycles. The molecule has 2 aliphatic rings. The van der Waals surface area contributed by atoms with Crippen LogP contribution in [0.5, 0.6) is 0 Å². The number of likely N-dealkylation sites (N-methyl/N-ethyl adjacent to an activating group) is 1. The third-order valence-corrected chi connectivity index (χ3v) is 6.38. The minimum Gasteiger partial charge on any atom is -0.373 e. The van der Waals surface area contributed by atoms with Crippen LogP contribution in [-0.2, 0) is 11.3 Å². The van der Waals surface area contributed by atoms with Gasteiger partial charge in [0.2, 0.25) is 0 Å². The highest BCUT2D eigenvalue weighted by molar-refractivity contribution is 7.14.